The van der Waals surface area contributed by atoms with Gasteiger partial charge in [-0.2, -0.15) is 0 Å². The summed E-state index contributed by atoms with van der Waals surface area (Å²) in [6.45, 7) is 1.45. The van der Waals surface area contributed by atoms with E-state index in [1.165, 1.54) is 7.11 Å². The summed E-state index contributed by atoms with van der Waals surface area (Å²) in [5.74, 6) is 1.25. The maximum atomic E-state index is 10.7. The number of benzene rings is 1. The average Bonchev–Trinajstić information content (AvgIpc) is 2.28. The first-order valence-electron chi connectivity index (χ1n) is 5.08. The quantitative estimate of drug-likeness (QED) is 0.684. The lowest BCUT2D eigenvalue weighted by Crippen LogP contribution is -2.19. The lowest BCUT2D eigenvalue weighted by Gasteiger charge is -2.12. The highest BCUT2D eigenvalue weighted by Crippen LogP contribution is 2.23. The molecule has 4 heteroatoms. The fourth-order valence-electron chi connectivity index (χ4n) is 1.22. The van der Waals surface area contributed by atoms with E-state index in [0.29, 0.717) is 23.7 Å². The normalized spacial score (nSPS) is 10.2. The molecule has 0 N–H and O–H groups in total. The van der Waals surface area contributed by atoms with Crippen LogP contribution in [0, 0.1) is 0 Å². The third kappa shape index (κ3) is 3.55. The van der Waals surface area contributed by atoms with Crippen molar-refractivity contribution in [2.45, 2.75) is 0 Å². The van der Waals surface area contributed by atoms with Crippen molar-refractivity contribution in [3.05, 3.63) is 23.8 Å². The van der Waals surface area contributed by atoms with Crippen LogP contribution in [0.3, 0.4) is 0 Å². The van der Waals surface area contributed by atoms with E-state index in [-0.39, 0.29) is 0 Å². The van der Waals surface area contributed by atoms with Crippen molar-refractivity contribution in [2.75, 3.05) is 34.4 Å². The zero-order chi connectivity index (χ0) is 12.0. The summed E-state index contributed by atoms with van der Waals surface area (Å²) in [4.78, 5) is 12.7. The molecule has 0 bridgehead atoms. The van der Waals surface area contributed by atoms with Gasteiger partial charge in [-0.15, -0.1) is 0 Å². The molecule has 16 heavy (non-hydrogen) atoms. The van der Waals surface area contributed by atoms with E-state index in [0.717, 1.165) is 12.8 Å². The molecular formula is C12H17NO3. The number of methoxy groups -OCH3 is 1. The van der Waals surface area contributed by atoms with Crippen molar-refractivity contribution < 1.29 is 14.3 Å². The van der Waals surface area contributed by atoms with Crippen LogP contribution in [-0.2, 0) is 0 Å². The van der Waals surface area contributed by atoms with Gasteiger partial charge >= 0.3 is 0 Å². The summed E-state index contributed by atoms with van der Waals surface area (Å²) < 4.78 is 10.6. The van der Waals surface area contributed by atoms with Gasteiger partial charge in [-0.25, -0.2) is 0 Å². The molecule has 0 aliphatic carbocycles. The van der Waals surface area contributed by atoms with Crippen LogP contribution in [0.1, 0.15) is 10.4 Å². The van der Waals surface area contributed by atoms with E-state index in [2.05, 4.69) is 0 Å². The van der Waals surface area contributed by atoms with Crippen LogP contribution < -0.4 is 9.47 Å². The van der Waals surface area contributed by atoms with E-state index >= 15 is 0 Å². The first kappa shape index (κ1) is 12.5. The molecule has 1 aromatic rings. The van der Waals surface area contributed by atoms with Crippen molar-refractivity contribution in [3.8, 4) is 11.5 Å². The third-order valence-electron chi connectivity index (χ3n) is 2.14. The molecule has 0 amide bonds. The van der Waals surface area contributed by atoms with Gasteiger partial charge in [0.25, 0.3) is 0 Å². The van der Waals surface area contributed by atoms with Crippen LogP contribution in [0.5, 0.6) is 11.5 Å². The molecule has 0 heterocycles. The first-order valence-corrected chi connectivity index (χ1v) is 5.08. The smallest absolute Gasteiger partial charge is 0.153 e. The van der Waals surface area contributed by atoms with E-state index in [1.807, 2.05) is 19.0 Å². The highest BCUT2D eigenvalue weighted by atomic mass is 16.5. The fourth-order valence-corrected chi connectivity index (χ4v) is 1.22. The predicted octanol–water partition coefficient (Wildman–Crippen LogP) is 1.45. The number of ether oxygens (including phenoxy) is 2. The monoisotopic (exact) mass is 223 g/mol. The molecule has 0 aromatic heterocycles. The maximum absolute atomic E-state index is 10.7. The lowest BCUT2D eigenvalue weighted by atomic mass is 10.2. The van der Waals surface area contributed by atoms with E-state index in [4.69, 9.17) is 9.47 Å². The summed E-state index contributed by atoms with van der Waals surface area (Å²) >= 11 is 0. The van der Waals surface area contributed by atoms with E-state index < -0.39 is 0 Å². The Morgan fingerprint density at radius 1 is 1.38 bits per heavy atom. The van der Waals surface area contributed by atoms with Gasteiger partial charge in [0.2, 0.25) is 0 Å². The minimum absolute atomic E-state index is 0.530. The van der Waals surface area contributed by atoms with E-state index in [9.17, 15) is 4.79 Å². The van der Waals surface area contributed by atoms with Gasteiger partial charge in [-0.05, 0) is 26.2 Å². The highest BCUT2D eigenvalue weighted by molar-refractivity contribution is 5.79. The maximum Gasteiger partial charge on any atom is 0.153 e. The molecule has 1 aromatic carbocycles. The number of hydrogen-bond acceptors (Lipinski definition) is 4. The number of likely N-dealkylation sites (N-methyl/N-ethyl adjacent to an activating group) is 1. The van der Waals surface area contributed by atoms with Gasteiger partial charge < -0.3 is 14.4 Å². The Kier molecular flexibility index (Phi) is 4.79. The molecule has 0 saturated carbocycles. The number of carbonyl (C=O) groups is 1. The zero-order valence-electron chi connectivity index (χ0n) is 9.90. The zero-order valence-corrected chi connectivity index (χ0v) is 9.90. The standard InChI is InChI=1S/C12H17NO3/c1-13(2)6-7-16-11-5-4-10(9-14)12(8-11)15-3/h4-5,8-9H,6-7H2,1-3H3. The third-order valence-corrected chi connectivity index (χ3v) is 2.14. The Hall–Kier alpha value is -1.55. The molecule has 0 fully saturated rings. The Morgan fingerprint density at radius 2 is 2.12 bits per heavy atom. The van der Waals surface area contributed by atoms with Crippen LogP contribution in [0.4, 0.5) is 0 Å². The van der Waals surface area contributed by atoms with Gasteiger partial charge in [0.15, 0.2) is 6.29 Å². The molecule has 88 valence electrons. The van der Waals surface area contributed by atoms with Gasteiger partial charge in [0, 0.05) is 12.6 Å². The van der Waals surface area contributed by atoms with Crippen LogP contribution in [0.2, 0.25) is 0 Å². The van der Waals surface area contributed by atoms with Crippen molar-refractivity contribution in [2.24, 2.45) is 0 Å². The molecule has 0 saturated heterocycles. The second-order valence-corrected chi connectivity index (χ2v) is 3.67. The van der Waals surface area contributed by atoms with Crippen molar-refractivity contribution >= 4 is 6.29 Å². The van der Waals surface area contributed by atoms with Gasteiger partial charge in [0.1, 0.15) is 18.1 Å². The number of nitrogens with zero attached hydrogens (tertiary/aromatic N) is 1. The molecule has 4 nitrogen and oxygen atoms in total. The second kappa shape index (κ2) is 6.12. The van der Waals surface area contributed by atoms with Crippen molar-refractivity contribution in [1.82, 2.24) is 4.90 Å². The minimum atomic E-state index is 0.530. The number of hydrogen-bond donors (Lipinski definition) is 0. The topological polar surface area (TPSA) is 38.8 Å². The van der Waals surface area contributed by atoms with Crippen molar-refractivity contribution in [3.63, 3.8) is 0 Å². The minimum Gasteiger partial charge on any atom is -0.496 e. The average molecular weight is 223 g/mol. The molecule has 0 unspecified atom stereocenters. The van der Waals surface area contributed by atoms with Gasteiger partial charge in [0.05, 0.1) is 12.7 Å². The summed E-state index contributed by atoms with van der Waals surface area (Å²) in [5.41, 5.74) is 0.530. The summed E-state index contributed by atoms with van der Waals surface area (Å²) in [6.07, 6.45) is 0.766. The number of aldehydes is 1. The molecular weight excluding hydrogens is 206 g/mol. The van der Waals surface area contributed by atoms with Crippen molar-refractivity contribution in [1.29, 1.82) is 0 Å². The van der Waals surface area contributed by atoms with Crippen LogP contribution in [-0.4, -0.2) is 45.5 Å². The Bertz CT molecular complexity index is 350. The van der Waals surface area contributed by atoms with Gasteiger partial charge in [-0.3, -0.25) is 4.79 Å². The predicted molar refractivity (Wildman–Crippen MR) is 62.4 cm³/mol. The number of carbonyl (C=O) groups excluding carboxylic acids is 1. The SMILES string of the molecule is COc1cc(OCCN(C)C)ccc1C=O. The molecule has 0 aliphatic heterocycles. The summed E-state index contributed by atoms with van der Waals surface area (Å²) in [5, 5.41) is 0. The molecule has 0 radical (unpaired) electrons. The Labute approximate surface area is 95.8 Å². The molecule has 0 atom stereocenters. The molecule has 0 spiro atoms. The van der Waals surface area contributed by atoms with E-state index in [1.54, 1.807) is 18.2 Å². The van der Waals surface area contributed by atoms with Crippen LogP contribution in [0.25, 0.3) is 0 Å². The Balaban J connectivity index is 2.64. The lowest BCUT2D eigenvalue weighted by molar-refractivity contribution is 0.112. The highest BCUT2D eigenvalue weighted by Gasteiger charge is 2.04. The first-order chi connectivity index (χ1) is 7.67. The second-order valence-electron chi connectivity index (χ2n) is 3.67. The largest absolute Gasteiger partial charge is 0.496 e. The van der Waals surface area contributed by atoms with Crippen LogP contribution in [0.15, 0.2) is 18.2 Å². The Morgan fingerprint density at radius 3 is 2.69 bits per heavy atom. The molecule has 1 rings (SSSR count). The fraction of sp³-hybridized carbons (Fsp3) is 0.417. The molecule has 0 aliphatic rings. The number of rotatable bonds is 6. The van der Waals surface area contributed by atoms with Gasteiger partial charge in [-0.1, -0.05) is 0 Å². The van der Waals surface area contributed by atoms with Crippen LogP contribution >= 0.6 is 0 Å². The summed E-state index contributed by atoms with van der Waals surface area (Å²) in [6, 6.07) is 5.18. The summed E-state index contributed by atoms with van der Waals surface area (Å²) in [7, 11) is 5.50.